The summed E-state index contributed by atoms with van der Waals surface area (Å²) in [5.74, 6) is 6.04. The van der Waals surface area contributed by atoms with Crippen molar-refractivity contribution in [2.24, 2.45) is 12.9 Å². The van der Waals surface area contributed by atoms with Crippen LogP contribution in [0.4, 0.5) is 5.95 Å². The lowest BCUT2D eigenvalue weighted by atomic mass is 10.8. The predicted molar refractivity (Wildman–Crippen MR) is 69.9 cm³/mol. The number of imidazole rings is 1. The van der Waals surface area contributed by atoms with Gasteiger partial charge in [-0.25, -0.2) is 20.5 Å². The van der Waals surface area contributed by atoms with Crippen LogP contribution < -0.4 is 11.3 Å². The van der Waals surface area contributed by atoms with E-state index in [1.165, 1.54) is 18.1 Å². The Morgan fingerprint density at radius 1 is 1.30 bits per heavy atom. The fourth-order valence-electron chi connectivity index (χ4n) is 1.41. The fourth-order valence-corrected chi connectivity index (χ4v) is 2.11. The minimum atomic E-state index is 0.258. The molecule has 0 bridgehead atoms. The van der Waals surface area contributed by atoms with E-state index in [1.807, 2.05) is 0 Å². The summed E-state index contributed by atoms with van der Waals surface area (Å²) in [4.78, 5) is 20.7. The van der Waals surface area contributed by atoms with Crippen LogP contribution >= 0.6 is 11.8 Å². The Kier molecular flexibility index (Phi) is 3.26. The normalized spacial score (nSPS) is 10.7. The lowest BCUT2D eigenvalue weighted by Gasteiger charge is -2.05. The Hall–Kier alpha value is -2.53. The molecular weight excluding hydrogens is 280 g/mol. The molecule has 0 aromatic carbocycles. The zero-order chi connectivity index (χ0) is 13.9. The van der Waals surface area contributed by atoms with Crippen molar-refractivity contribution in [3.05, 3.63) is 25.0 Å². The molecule has 0 unspecified atom stereocenters. The summed E-state index contributed by atoms with van der Waals surface area (Å²) in [6.45, 7) is 0. The molecule has 0 aliphatic heterocycles. The predicted octanol–water partition coefficient (Wildman–Crippen LogP) is -0.377. The van der Waals surface area contributed by atoms with Crippen molar-refractivity contribution in [2.75, 3.05) is 5.43 Å². The summed E-state index contributed by atoms with van der Waals surface area (Å²) in [6, 6.07) is 0. The van der Waals surface area contributed by atoms with Gasteiger partial charge >= 0.3 is 0 Å². The van der Waals surface area contributed by atoms with Gasteiger partial charge in [-0.3, -0.25) is 9.99 Å². The van der Waals surface area contributed by atoms with Crippen molar-refractivity contribution in [1.29, 1.82) is 0 Å². The van der Waals surface area contributed by atoms with Crippen LogP contribution in [0.15, 0.2) is 35.4 Å². The molecule has 20 heavy (non-hydrogen) atoms. The Morgan fingerprint density at radius 3 is 2.85 bits per heavy atom. The number of hydrazine groups is 1. The van der Waals surface area contributed by atoms with Crippen LogP contribution in [0.25, 0.3) is 5.95 Å². The molecule has 0 aliphatic carbocycles. The fraction of sp³-hybridized carbons (Fsp3) is 0.111. The van der Waals surface area contributed by atoms with Gasteiger partial charge in [-0.15, -0.1) is 0 Å². The number of rotatable bonds is 4. The summed E-state index contributed by atoms with van der Waals surface area (Å²) >= 11 is 1.26. The summed E-state index contributed by atoms with van der Waals surface area (Å²) in [5, 5.41) is 5.10. The molecule has 3 rings (SSSR count). The molecule has 3 aromatic rings. The number of nitrogens with two attached hydrogens (primary N) is 1. The Morgan fingerprint density at radius 2 is 2.20 bits per heavy atom. The van der Waals surface area contributed by atoms with Gasteiger partial charge in [-0.05, 0) is 11.8 Å². The monoisotopic (exact) mass is 290 g/mol. The number of aryl methyl sites for hydroxylation is 1. The van der Waals surface area contributed by atoms with Crippen LogP contribution in [0.5, 0.6) is 0 Å². The number of nitrogens with zero attached hydrogens (tertiary/aromatic N) is 8. The Balaban J connectivity index is 1.98. The van der Waals surface area contributed by atoms with Gasteiger partial charge in [-0.2, -0.15) is 20.1 Å². The van der Waals surface area contributed by atoms with E-state index in [4.69, 9.17) is 5.84 Å². The highest BCUT2D eigenvalue weighted by Crippen LogP contribution is 2.22. The van der Waals surface area contributed by atoms with Crippen molar-refractivity contribution in [3.8, 4) is 5.95 Å². The second-order valence-corrected chi connectivity index (χ2v) is 4.56. The molecule has 0 amide bonds. The third-order valence-electron chi connectivity index (χ3n) is 2.32. The molecule has 0 atom stereocenters. The topological polar surface area (TPSA) is 125 Å². The number of hydrogen-bond acceptors (Lipinski definition) is 9. The van der Waals surface area contributed by atoms with Crippen molar-refractivity contribution in [3.63, 3.8) is 0 Å². The summed E-state index contributed by atoms with van der Waals surface area (Å²) in [6.07, 6.45) is 6.41. The van der Waals surface area contributed by atoms with E-state index in [0.29, 0.717) is 16.3 Å². The average Bonchev–Trinajstić information content (AvgIpc) is 3.11. The quantitative estimate of drug-likeness (QED) is 0.488. The molecule has 3 N–H and O–H groups in total. The summed E-state index contributed by atoms with van der Waals surface area (Å²) < 4.78 is 3.28. The van der Waals surface area contributed by atoms with Gasteiger partial charge in [0.15, 0.2) is 5.16 Å². The number of anilines is 1. The maximum atomic E-state index is 5.37. The number of aromatic nitrogens is 8. The molecule has 0 saturated heterocycles. The van der Waals surface area contributed by atoms with Gasteiger partial charge < -0.3 is 0 Å². The largest absolute Gasteiger partial charge is 0.292 e. The van der Waals surface area contributed by atoms with Gasteiger partial charge in [-0.1, -0.05) is 0 Å². The number of hydrogen-bond donors (Lipinski definition) is 2. The van der Waals surface area contributed by atoms with Crippen molar-refractivity contribution < 1.29 is 0 Å². The third-order valence-corrected chi connectivity index (χ3v) is 3.24. The molecule has 0 radical (unpaired) electrons. The lowest BCUT2D eigenvalue weighted by molar-refractivity contribution is 0.682. The lowest BCUT2D eigenvalue weighted by Crippen LogP contribution is -2.14. The maximum absolute atomic E-state index is 5.37. The molecule has 0 fully saturated rings. The minimum Gasteiger partial charge on any atom is -0.292 e. The molecule has 0 saturated carbocycles. The van der Waals surface area contributed by atoms with E-state index in [-0.39, 0.29) is 5.95 Å². The molecule has 102 valence electrons. The smallest absolute Gasteiger partial charge is 0.242 e. The summed E-state index contributed by atoms with van der Waals surface area (Å²) in [7, 11) is 1.79. The van der Waals surface area contributed by atoms with Crippen LogP contribution in [0.2, 0.25) is 0 Å². The molecule has 3 aromatic heterocycles. The highest BCUT2D eigenvalue weighted by Gasteiger charge is 2.11. The molecule has 3 heterocycles. The minimum absolute atomic E-state index is 0.258. The molecule has 0 aliphatic rings. The Labute approximate surface area is 117 Å². The molecular formula is C9H10N10S. The van der Waals surface area contributed by atoms with E-state index < -0.39 is 0 Å². The van der Waals surface area contributed by atoms with Crippen molar-refractivity contribution in [2.45, 2.75) is 10.3 Å². The van der Waals surface area contributed by atoms with E-state index in [1.54, 1.807) is 35.0 Å². The number of nitrogens with one attached hydrogen (secondary N) is 1. The first-order chi connectivity index (χ1) is 9.76. The van der Waals surface area contributed by atoms with Gasteiger partial charge in [0.2, 0.25) is 17.1 Å². The number of nitrogen functional groups attached to an aromatic ring is 1. The van der Waals surface area contributed by atoms with Gasteiger partial charge in [0, 0.05) is 19.4 Å². The van der Waals surface area contributed by atoms with E-state index in [9.17, 15) is 0 Å². The van der Waals surface area contributed by atoms with Crippen molar-refractivity contribution >= 4 is 17.7 Å². The highest BCUT2D eigenvalue weighted by atomic mass is 32.2. The zero-order valence-electron chi connectivity index (χ0n) is 10.4. The zero-order valence-corrected chi connectivity index (χ0v) is 11.2. The second-order valence-electron chi connectivity index (χ2n) is 3.62. The molecule has 10 nitrogen and oxygen atoms in total. The van der Waals surface area contributed by atoms with E-state index in [0.717, 1.165) is 0 Å². The van der Waals surface area contributed by atoms with Crippen LogP contribution in [-0.4, -0.2) is 39.3 Å². The van der Waals surface area contributed by atoms with Gasteiger partial charge in [0.05, 0.1) is 0 Å². The first-order valence-corrected chi connectivity index (χ1v) is 6.31. The van der Waals surface area contributed by atoms with Gasteiger partial charge in [0.25, 0.3) is 0 Å². The third kappa shape index (κ3) is 2.44. The van der Waals surface area contributed by atoms with E-state index >= 15 is 0 Å². The average molecular weight is 290 g/mol. The molecule has 11 heteroatoms. The van der Waals surface area contributed by atoms with E-state index in [2.05, 4.69) is 35.4 Å². The summed E-state index contributed by atoms with van der Waals surface area (Å²) in [5.41, 5.74) is 2.41. The standard InChI is InChI=1S/C9H10N10S/c1-18-9(12-4-13-18)20-8-15-6(17-10)14-7(16-8)19-3-2-11-5-19/h2-5H,10H2,1H3,(H,14,15,16,17). The second kappa shape index (κ2) is 5.22. The highest BCUT2D eigenvalue weighted by molar-refractivity contribution is 7.99. The molecule has 0 spiro atoms. The van der Waals surface area contributed by atoms with Crippen LogP contribution in [0, 0.1) is 0 Å². The Bertz CT molecular complexity index is 705. The van der Waals surface area contributed by atoms with Gasteiger partial charge in [0.1, 0.15) is 12.7 Å². The van der Waals surface area contributed by atoms with Crippen molar-refractivity contribution in [1.82, 2.24) is 39.3 Å². The van der Waals surface area contributed by atoms with Crippen LogP contribution in [-0.2, 0) is 7.05 Å². The first-order valence-electron chi connectivity index (χ1n) is 5.49. The maximum Gasteiger partial charge on any atom is 0.242 e. The van der Waals surface area contributed by atoms with Crippen LogP contribution in [0.1, 0.15) is 0 Å². The SMILES string of the molecule is Cn1ncnc1Sc1nc(NN)nc(-n2ccnc2)n1. The first kappa shape index (κ1) is 12.5. The van der Waals surface area contributed by atoms with Crippen LogP contribution in [0.3, 0.4) is 0 Å².